The molecule has 1 amide bonds. The third-order valence-corrected chi connectivity index (χ3v) is 7.28. The molecule has 1 saturated heterocycles. The number of thiazole rings is 1. The Bertz CT molecular complexity index is 1640. The van der Waals surface area contributed by atoms with Crippen molar-refractivity contribution in [3.8, 4) is 5.75 Å². The van der Waals surface area contributed by atoms with Crippen molar-refractivity contribution in [1.82, 2.24) is 9.97 Å². The largest absolute Gasteiger partial charge is 0.507 e. The quantitative estimate of drug-likeness (QED) is 0.181. The summed E-state index contributed by atoms with van der Waals surface area (Å²) in [5.41, 5.74) is 1.95. The summed E-state index contributed by atoms with van der Waals surface area (Å²) in [6.45, 7) is 6.46. The number of benzene rings is 2. The van der Waals surface area contributed by atoms with E-state index in [-0.39, 0.29) is 22.0 Å². The summed E-state index contributed by atoms with van der Waals surface area (Å²) >= 11 is 1.08. The first-order chi connectivity index (χ1) is 18.7. The van der Waals surface area contributed by atoms with Gasteiger partial charge in [0.1, 0.15) is 17.6 Å². The number of ketones is 1. The van der Waals surface area contributed by atoms with E-state index in [9.17, 15) is 24.6 Å². The van der Waals surface area contributed by atoms with Crippen LogP contribution in [-0.4, -0.2) is 44.4 Å². The second kappa shape index (κ2) is 10.3. The molecule has 2 aromatic heterocycles. The van der Waals surface area contributed by atoms with Gasteiger partial charge in [-0.05, 0) is 66.9 Å². The molecule has 198 valence electrons. The first kappa shape index (κ1) is 26.1. The van der Waals surface area contributed by atoms with Crippen molar-refractivity contribution in [2.45, 2.75) is 26.8 Å². The maximum atomic E-state index is 13.4. The van der Waals surface area contributed by atoms with E-state index >= 15 is 0 Å². The zero-order valence-corrected chi connectivity index (χ0v) is 22.2. The number of hydrogen-bond acceptors (Lipinski definition) is 8. The Hall–Kier alpha value is -4.57. The van der Waals surface area contributed by atoms with Gasteiger partial charge in [0.05, 0.1) is 33.7 Å². The number of carboxylic acid groups (broad SMARTS) is 1. The van der Waals surface area contributed by atoms with Gasteiger partial charge in [0.15, 0.2) is 5.13 Å². The number of carboxylic acids is 1. The lowest BCUT2D eigenvalue weighted by molar-refractivity contribution is -0.132. The molecule has 0 bridgehead atoms. The fraction of sp³-hybridized carbons (Fsp3) is 0.207. The van der Waals surface area contributed by atoms with E-state index < -0.39 is 23.7 Å². The van der Waals surface area contributed by atoms with Crippen molar-refractivity contribution in [2.75, 3.05) is 11.5 Å². The highest BCUT2D eigenvalue weighted by Gasteiger charge is 2.48. The average Bonchev–Trinajstić information content (AvgIpc) is 3.45. The van der Waals surface area contributed by atoms with Gasteiger partial charge in [-0.15, -0.1) is 0 Å². The minimum atomic E-state index is -1.09. The van der Waals surface area contributed by atoms with Gasteiger partial charge >= 0.3 is 11.9 Å². The molecule has 2 N–H and O–H groups in total. The van der Waals surface area contributed by atoms with Crippen molar-refractivity contribution < 1.29 is 29.3 Å². The topological polar surface area (TPSA) is 130 Å². The Morgan fingerprint density at radius 1 is 1.08 bits per heavy atom. The number of Topliss-reactive ketones (excluding diaryl/α,β-unsaturated/α-hetero) is 1. The summed E-state index contributed by atoms with van der Waals surface area (Å²) in [5.74, 6) is -2.15. The van der Waals surface area contributed by atoms with Crippen LogP contribution in [0.2, 0.25) is 0 Å². The van der Waals surface area contributed by atoms with Crippen LogP contribution in [0.25, 0.3) is 16.0 Å². The lowest BCUT2D eigenvalue weighted by Gasteiger charge is -2.22. The molecular weight excluding hydrogens is 518 g/mol. The number of aromatic nitrogens is 2. The first-order valence-corrected chi connectivity index (χ1v) is 13.1. The molecule has 3 heterocycles. The van der Waals surface area contributed by atoms with Crippen LogP contribution in [0, 0.1) is 12.8 Å². The van der Waals surface area contributed by atoms with Gasteiger partial charge in [-0.2, -0.15) is 0 Å². The van der Waals surface area contributed by atoms with Crippen molar-refractivity contribution in [1.29, 1.82) is 0 Å². The number of pyridine rings is 1. The smallest absolute Gasteiger partial charge is 0.335 e. The Balaban J connectivity index is 1.63. The predicted molar refractivity (Wildman–Crippen MR) is 147 cm³/mol. The molecule has 2 aromatic carbocycles. The van der Waals surface area contributed by atoms with E-state index in [1.807, 2.05) is 20.8 Å². The number of amides is 1. The molecular formula is C29H25N3O6S. The molecule has 9 nitrogen and oxygen atoms in total. The molecule has 1 unspecified atom stereocenters. The SMILES string of the molecule is Cc1cc(/C(O)=C2\C(=O)C(=O)N(c3nc4ccc(C(=O)O)cc4s3)C2c2ccccn2)ccc1OCC(C)C. The van der Waals surface area contributed by atoms with E-state index in [4.69, 9.17) is 4.74 Å². The number of hydrogen-bond donors (Lipinski definition) is 2. The molecule has 5 rings (SSSR count). The van der Waals surface area contributed by atoms with Crippen LogP contribution in [0.5, 0.6) is 5.75 Å². The zero-order valence-electron chi connectivity index (χ0n) is 21.4. The maximum Gasteiger partial charge on any atom is 0.335 e. The third kappa shape index (κ3) is 4.86. The van der Waals surface area contributed by atoms with Gasteiger partial charge in [0.2, 0.25) is 0 Å². The van der Waals surface area contributed by atoms with Gasteiger partial charge in [0.25, 0.3) is 5.78 Å². The Morgan fingerprint density at radius 2 is 1.85 bits per heavy atom. The van der Waals surface area contributed by atoms with Crippen molar-refractivity contribution >= 4 is 50.1 Å². The number of ether oxygens (including phenoxy) is 1. The number of aliphatic hydroxyl groups excluding tert-OH is 1. The number of aliphatic hydroxyl groups is 1. The highest BCUT2D eigenvalue weighted by Crippen LogP contribution is 2.44. The highest BCUT2D eigenvalue weighted by atomic mass is 32.1. The lowest BCUT2D eigenvalue weighted by atomic mass is 9.97. The zero-order chi connectivity index (χ0) is 27.8. The van der Waals surface area contributed by atoms with Crippen LogP contribution in [0.3, 0.4) is 0 Å². The maximum absolute atomic E-state index is 13.4. The van der Waals surface area contributed by atoms with Crippen LogP contribution in [0.4, 0.5) is 5.13 Å². The predicted octanol–water partition coefficient (Wildman–Crippen LogP) is 5.36. The lowest BCUT2D eigenvalue weighted by Crippen LogP contribution is -2.29. The van der Waals surface area contributed by atoms with Crippen LogP contribution < -0.4 is 9.64 Å². The summed E-state index contributed by atoms with van der Waals surface area (Å²) < 4.78 is 6.37. The molecule has 10 heteroatoms. The third-order valence-electron chi connectivity index (χ3n) is 6.26. The molecule has 0 saturated carbocycles. The van der Waals surface area contributed by atoms with Crippen molar-refractivity contribution in [2.24, 2.45) is 5.92 Å². The molecule has 4 aromatic rings. The van der Waals surface area contributed by atoms with Gasteiger partial charge in [-0.3, -0.25) is 19.5 Å². The number of carbonyl (C=O) groups is 3. The average molecular weight is 544 g/mol. The molecule has 1 atom stereocenters. The van der Waals surface area contributed by atoms with Crippen molar-refractivity contribution in [3.05, 3.63) is 88.8 Å². The van der Waals surface area contributed by atoms with Crippen molar-refractivity contribution in [3.63, 3.8) is 0 Å². The number of aryl methyl sites for hydroxylation is 1. The minimum absolute atomic E-state index is 0.0808. The number of carbonyl (C=O) groups excluding carboxylic acids is 2. The standard InChI is InChI=1S/C29H25N3O6S/c1-15(2)14-38-21-10-8-17(12-16(21)3)25(33)23-24(20-6-4-5-11-30-20)32(27(35)26(23)34)29-31-19-9-7-18(28(36)37)13-22(19)39-29/h4-13,15,24,33H,14H2,1-3H3,(H,36,37)/b25-23+. The number of nitrogens with zero attached hydrogens (tertiary/aromatic N) is 3. The second-order valence-electron chi connectivity index (χ2n) is 9.59. The van der Waals surface area contributed by atoms with Gasteiger partial charge < -0.3 is 14.9 Å². The Morgan fingerprint density at radius 3 is 2.51 bits per heavy atom. The molecule has 1 fully saturated rings. The molecule has 0 spiro atoms. The number of anilines is 1. The molecule has 1 aliphatic rings. The Kier molecular flexibility index (Phi) is 6.88. The monoisotopic (exact) mass is 543 g/mol. The highest BCUT2D eigenvalue weighted by molar-refractivity contribution is 7.22. The summed E-state index contributed by atoms with van der Waals surface area (Å²) in [6, 6.07) is 13.6. The summed E-state index contributed by atoms with van der Waals surface area (Å²) in [7, 11) is 0. The van der Waals surface area contributed by atoms with Gasteiger partial charge in [0, 0.05) is 11.8 Å². The van der Waals surface area contributed by atoms with Crippen LogP contribution in [-0.2, 0) is 9.59 Å². The summed E-state index contributed by atoms with van der Waals surface area (Å²) in [5, 5.41) is 20.9. The normalized spacial score (nSPS) is 16.8. The minimum Gasteiger partial charge on any atom is -0.507 e. The fourth-order valence-electron chi connectivity index (χ4n) is 4.37. The van der Waals surface area contributed by atoms with Crippen LogP contribution >= 0.6 is 11.3 Å². The number of fused-ring (bicyclic) bond motifs is 1. The molecule has 0 aliphatic carbocycles. The van der Waals surface area contributed by atoms with E-state index in [1.165, 1.54) is 23.2 Å². The van der Waals surface area contributed by atoms with Crippen LogP contribution in [0.1, 0.15) is 47.1 Å². The van der Waals surface area contributed by atoms with Gasteiger partial charge in [-0.1, -0.05) is 31.3 Å². The van der Waals surface area contributed by atoms with E-state index in [1.54, 1.807) is 42.5 Å². The summed E-state index contributed by atoms with van der Waals surface area (Å²) in [6.07, 6.45) is 1.54. The Labute approximate surface area is 228 Å². The van der Waals surface area contributed by atoms with E-state index in [0.717, 1.165) is 16.9 Å². The summed E-state index contributed by atoms with van der Waals surface area (Å²) in [4.78, 5) is 48.4. The fourth-order valence-corrected chi connectivity index (χ4v) is 5.40. The second-order valence-corrected chi connectivity index (χ2v) is 10.6. The first-order valence-electron chi connectivity index (χ1n) is 12.3. The molecule has 39 heavy (non-hydrogen) atoms. The van der Waals surface area contributed by atoms with Crippen LogP contribution in [0.15, 0.2) is 66.4 Å². The number of rotatable bonds is 7. The number of aromatic carboxylic acids is 1. The molecule has 1 aliphatic heterocycles. The molecule has 0 radical (unpaired) electrons. The van der Waals surface area contributed by atoms with Gasteiger partial charge in [-0.25, -0.2) is 9.78 Å². The van der Waals surface area contributed by atoms with E-state index in [0.29, 0.717) is 39.7 Å². The van der Waals surface area contributed by atoms with E-state index in [2.05, 4.69) is 9.97 Å².